The van der Waals surface area contributed by atoms with Gasteiger partial charge in [-0.2, -0.15) is 0 Å². The molecule has 1 heterocycles. The molecule has 7 heteroatoms. The van der Waals surface area contributed by atoms with Crippen molar-refractivity contribution in [2.75, 3.05) is 25.5 Å². The summed E-state index contributed by atoms with van der Waals surface area (Å²) in [6, 6.07) is 3.59. The maximum Gasteiger partial charge on any atom is 0.311 e. The molecule has 3 rings (SSSR count). The van der Waals surface area contributed by atoms with Crippen LogP contribution in [0.3, 0.4) is 0 Å². The van der Waals surface area contributed by atoms with Gasteiger partial charge in [0.15, 0.2) is 12.3 Å². The molecule has 2 N–H and O–H groups in total. The number of aryl methyl sites for hydroxylation is 1. The molecule has 1 aliphatic heterocycles. The molecule has 1 unspecified atom stereocenters. The molecule has 0 spiro atoms. The smallest absolute Gasteiger partial charge is 0.311 e. The van der Waals surface area contributed by atoms with Crippen LogP contribution in [0.2, 0.25) is 0 Å². The Morgan fingerprint density at radius 2 is 2.04 bits per heavy atom. The van der Waals surface area contributed by atoms with E-state index >= 15 is 0 Å². The minimum atomic E-state index is -0.474. The summed E-state index contributed by atoms with van der Waals surface area (Å²) in [7, 11) is 1.39. The van der Waals surface area contributed by atoms with E-state index in [1.165, 1.54) is 56.6 Å². The average molecular weight is 362 g/mol. The number of benzene rings is 1. The molecular formula is C19H28N3O4+. The second kappa shape index (κ2) is 8.03. The summed E-state index contributed by atoms with van der Waals surface area (Å²) >= 11 is 0. The summed E-state index contributed by atoms with van der Waals surface area (Å²) in [6.45, 7) is 3.27. The van der Waals surface area contributed by atoms with Crippen molar-refractivity contribution in [2.24, 2.45) is 5.92 Å². The van der Waals surface area contributed by atoms with Crippen molar-refractivity contribution in [3.05, 3.63) is 27.8 Å². The Kier molecular flexibility index (Phi) is 5.76. The minimum absolute atomic E-state index is 0.0368. The van der Waals surface area contributed by atoms with E-state index in [0.717, 1.165) is 12.5 Å². The van der Waals surface area contributed by atoms with Crippen LogP contribution in [0.25, 0.3) is 0 Å². The third-order valence-corrected chi connectivity index (χ3v) is 5.89. The molecule has 1 saturated carbocycles. The lowest BCUT2D eigenvalue weighted by molar-refractivity contribution is -0.928. The summed E-state index contributed by atoms with van der Waals surface area (Å²) in [5, 5.41) is 14.0. The Balaban J connectivity index is 1.69. The number of anilines is 1. The average Bonchev–Trinajstić information content (AvgIpc) is 2.63. The van der Waals surface area contributed by atoms with E-state index in [9.17, 15) is 14.9 Å². The lowest BCUT2D eigenvalue weighted by Crippen LogP contribution is -3.18. The fourth-order valence-corrected chi connectivity index (χ4v) is 4.60. The summed E-state index contributed by atoms with van der Waals surface area (Å²) in [4.78, 5) is 24.6. The highest BCUT2D eigenvalue weighted by Crippen LogP contribution is 2.33. The number of likely N-dealkylation sites (tertiary alicyclic amines) is 1. The molecular weight excluding hydrogens is 334 g/mol. The van der Waals surface area contributed by atoms with Gasteiger partial charge in [-0.1, -0.05) is 6.42 Å². The number of hydrogen-bond donors (Lipinski definition) is 2. The Bertz CT molecular complexity index is 690. The third-order valence-electron chi connectivity index (χ3n) is 5.89. The lowest BCUT2D eigenvalue weighted by atomic mass is 9.78. The van der Waals surface area contributed by atoms with E-state index in [1.807, 2.05) is 0 Å². The lowest BCUT2D eigenvalue weighted by Gasteiger charge is -2.40. The fourth-order valence-electron chi connectivity index (χ4n) is 4.60. The number of nitro groups is 1. The van der Waals surface area contributed by atoms with Gasteiger partial charge in [-0.3, -0.25) is 14.9 Å². The molecule has 1 saturated heterocycles. The van der Waals surface area contributed by atoms with Crippen LogP contribution in [0.15, 0.2) is 12.1 Å². The summed E-state index contributed by atoms with van der Waals surface area (Å²) in [5.41, 5.74) is 1.15. The first-order valence-electron chi connectivity index (χ1n) is 9.47. The molecule has 1 aliphatic carbocycles. The van der Waals surface area contributed by atoms with Gasteiger partial charge in [-0.05, 0) is 44.6 Å². The summed E-state index contributed by atoms with van der Waals surface area (Å²) < 4.78 is 5.11. The van der Waals surface area contributed by atoms with Crippen LogP contribution in [0, 0.1) is 23.0 Å². The van der Waals surface area contributed by atoms with Crippen LogP contribution in [-0.2, 0) is 4.79 Å². The molecule has 0 bridgehead atoms. The van der Waals surface area contributed by atoms with Crippen LogP contribution in [-0.4, -0.2) is 37.1 Å². The number of nitro benzene ring substituents is 1. The van der Waals surface area contributed by atoms with Crippen LogP contribution >= 0.6 is 0 Å². The minimum Gasteiger partial charge on any atom is -0.490 e. The number of hydrogen-bond acceptors (Lipinski definition) is 4. The van der Waals surface area contributed by atoms with Crippen molar-refractivity contribution in [3.63, 3.8) is 0 Å². The zero-order valence-corrected chi connectivity index (χ0v) is 15.5. The van der Waals surface area contributed by atoms with Gasteiger partial charge in [0.2, 0.25) is 0 Å². The molecule has 3 atom stereocenters. The highest BCUT2D eigenvalue weighted by atomic mass is 16.6. The highest BCUT2D eigenvalue weighted by molar-refractivity contribution is 5.92. The quantitative estimate of drug-likeness (QED) is 0.620. The number of nitrogens with zero attached hydrogens (tertiary/aromatic N) is 1. The SMILES string of the molecule is COc1cc(NC(=O)C[NH+]2CCC[C@H]3CCCC[C@@H]32)c(C)cc1[N+](=O)[O-]. The number of fused-ring (bicyclic) bond motifs is 1. The largest absolute Gasteiger partial charge is 0.490 e. The number of amides is 1. The molecule has 7 nitrogen and oxygen atoms in total. The van der Waals surface area contributed by atoms with Crippen molar-refractivity contribution in [3.8, 4) is 5.75 Å². The maximum atomic E-state index is 12.6. The highest BCUT2D eigenvalue weighted by Gasteiger charge is 2.37. The summed E-state index contributed by atoms with van der Waals surface area (Å²) in [5.74, 6) is 0.889. The third kappa shape index (κ3) is 3.98. The molecule has 2 aliphatic rings. The van der Waals surface area contributed by atoms with E-state index in [-0.39, 0.29) is 17.3 Å². The second-order valence-electron chi connectivity index (χ2n) is 7.52. The normalized spacial score (nSPS) is 25.2. The molecule has 1 aromatic carbocycles. The second-order valence-corrected chi connectivity index (χ2v) is 7.52. The number of piperidine rings is 1. The first kappa shape index (κ1) is 18.6. The molecule has 0 aromatic heterocycles. The molecule has 1 aromatic rings. The van der Waals surface area contributed by atoms with Gasteiger partial charge in [-0.25, -0.2) is 0 Å². The van der Waals surface area contributed by atoms with Gasteiger partial charge in [0.25, 0.3) is 5.91 Å². The van der Waals surface area contributed by atoms with E-state index in [0.29, 0.717) is 23.8 Å². The molecule has 26 heavy (non-hydrogen) atoms. The first-order chi connectivity index (χ1) is 12.5. The number of ether oxygens (including phenoxy) is 1. The predicted molar refractivity (Wildman–Crippen MR) is 98.7 cm³/mol. The van der Waals surface area contributed by atoms with Crippen LogP contribution in [0.1, 0.15) is 44.1 Å². The number of methoxy groups -OCH3 is 1. The fraction of sp³-hybridized carbons (Fsp3) is 0.632. The van der Waals surface area contributed by atoms with Crippen molar-refractivity contribution in [1.29, 1.82) is 0 Å². The Morgan fingerprint density at radius 3 is 2.77 bits per heavy atom. The summed E-state index contributed by atoms with van der Waals surface area (Å²) in [6.07, 6.45) is 7.60. The molecule has 142 valence electrons. The van der Waals surface area contributed by atoms with Crippen molar-refractivity contribution in [2.45, 2.75) is 51.5 Å². The van der Waals surface area contributed by atoms with Gasteiger partial charge in [0.05, 0.1) is 24.6 Å². The number of carbonyl (C=O) groups excluding carboxylic acids is 1. The first-order valence-corrected chi connectivity index (χ1v) is 9.47. The number of carbonyl (C=O) groups is 1. The standard InChI is InChI=1S/C19H27N3O4/c1-13-10-17(22(24)25)18(26-2)11-15(13)20-19(23)12-21-9-5-7-14-6-3-4-8-16(14)21/h10-11,14,16H,3-9,12H2,1-2H3,(H,20,23)/p+1/t14-,16+/m1/s1. The molecule has 2 fully saturated rings. The van der Waals surface area contributed by atoms with E-state index < -0.39 is 4.92 Å². The van der Waals surface area contributed by atoms with Gasteiger partial charge in [-0.15, -0.1) is 0 Å². The van der Waals surface area contributed by atoms with Crippen molar-refractivity contribution in [1.82, 2.24) is 0 Å². The van der Waals surface area contributed by atoms with E-state index in [1.54, 1.807) is 13.0 Å². The number of quaternary nitrogens is 1. The molecule has 0 radical (unpaired) electrons. The van der Waals surface area contributed by atoms with Crippen LogP contribution in [0.5, 0.6) is 5.75 Å². The van der Waals surface area contributed by atoms with Gasteiger partial charge in [0, 0.05) is 23.7 Å². The zero-order valence-electron chi connectivity index (χ0n) is 15.5. The number of rotatable bonds is 5. The Labute approximate surface area is 153 Å². The Morgan fingerprint density at radius 1 is 1.31 bits per heavy atom. The number of nitrogens with one attached hydrogen (secondary N) is 2. The zero-order chi connectivity index (χ0) is 18.7. The van der Waals surface area contributed by atoms with Gasteiger partial charge < -0.3 is 15.0 Å². The topological polar surface area (TPSA) is 85.9 Å². The monoisotopic (exact) mass is 362 g/mol. The van der Waals surface area contributed by atoms with Gasteiger partial charge in [0.1, 0.15) is 0 Å². The van der Waals surface area contributed by atoms with E-state index in [2.05, 4.69) is 5.32 Å². The van der Waals surface area contributed by atoms with Crippen molar-refractivity contribution < 1.29 is 19.4 Å². The molecule has 1 amide bonds. The van der Waals surface area contributed by atoms with Gasteiger partial charge >= 0.3 is 5.69 Å². The predicted octanol–water partition coefficient (Wildman–Crippen LogP) is 2.09. The maximum absolute atomic E-state index is 12.6. The van der Waals surface area contributed by atoms with Crippen molar-refractivity contribution >= 4 is 17.3 Å². The van der Waals surface area contributed by atoms with Crippen LogP contribution < -0.4 is 15.0 Å². The van der Waals surface area contributed by atoms with Crippen LogP contribution in [0.4, 0.5) is 11.4 Å². The van der Waals surface area contributed by atoms with E-state index in [4.69, 9.17) is 4.74 Å². The Hall–Kier alpha value is -2.15.